The molecule has 0 radical (unpaired) electrons. The van der Waals surface area contributed by atoms with Gasteiger partial charge in [-0.3, -0.25) is 9.59 Å². The smallest absolute Gasteiger partial charge is 0.173 e. The molecule has 0 N–H and O–H groups in total. The van der Waals surface area contributed by atoms with E-state index in [1.54, 1.807) is 30.5 Å². The van der Waals surface area contributed by atoms with Gasteiger partial charge in [-0.2, -0.15) is 0 Å². The predicted molar refractivity (Wildman–Crippen MR) is 71.1 cm³/mol. The van der Waals surface area contributed by atoms with Crippen molar-refractivity contribution in [2.75, 3.05) is 5.75 Å². The number of carbonyl (C=O) groups excluding carboxylic acids is 2. The first-order valence-electron chi connectivity index (χ1n) is 5.42. The number of rotatable bonds is 5. The van der Waals surface area contributed by atoms with Crippen LogP contribution in [0.3, 0.4) is 0 Å². The fourth-order valence-corrected chi connectivity index (χ4v) is 2.31. The third kappa shape index (κ3) is 3.05. The number of aldehydes is 1. The lowest BCUT2D eigenvalue weighted by molar-refractivity contribution is 0.102. The molecule has 0 bridgehead atoms. The molecule has 1 aromatic carbocycles. The molecule has 2 aromatic rings. The van der Waals surface area contributed by atoms with Crippen LogP contribution in [-0.2, 0) is 0 Å². The Morgan fingerprint density at radius 2 is 1.94 bits per heavy atom. The standard InChI is InChI=1S/C14H11NO2S/c16-9-12-7-4-8-15-14(12)18-10-13(17)11-5-2-1-3-6-11/h1-9H,10H2. The summed E-state index contributed by atoms with van der Waals surface area (Å²) in [6.07, 6.45) is 2.37. The molecule has 0 amide bonds. The fourth-order valence-electron chi connectivity index (χ4n) is 1.45. The summed E-state index contributed by atoms with van der Waals surface area (Å²) in [5.41, 5.74) is 1.19. The summed E-state index contributed by atoms with van der Waals surface area (Å²) in [6.45, 7) is 0. The van der Waals surface area contributed by atoms with E-state index in [9.17, 15) is 9.59 Å². The predicted octanol–water partition coefficient (Wildman–Crippen LogP) is 2.87. The molecule has 18 heavy (non-hydrogen) atoms. The summed E-state index contributed by atoms with van der Waals surface area (Å²) in [4.78, 5) is 26.8. The van der Waals surface area contributed by atoms with Crippen LogP contribution in [0.5, 0.6) is 0 Å². The first-order valence-corrected chi connectivity index (χ1v) is 6.41. The Balaban J connectivity index is 2.04. The first kappa shape index (κ1) is 12.5. The number of carbonyl (C=O) groups is 2. The van der Waals surface area contributed by atoms with Crippen LogP contribution in [0.1, 0.15) is 20.7 Å². The summed E-state index contributed by atoms with van der Waals surface area (Å²) in [6, 6.07) is 12.5. The minimum atomic E-state index is 0.0307. The van der Waals surface area contributed by atoms with Crippen LogP contribution >= 0.6 is 11.8 Å². The van der Waals surface area contributed by atoms with E-state index in [0.29, 0.717) is 16.2 Å². The van der Waals surface area contributed by atoms with Gasteiger partial charge in [0.2, 0.25) is 0 Å². The minimum Gasteiger partial charge on any atom is -0.298 e. The van der Waals surface area contributed by atoms with Crippen LogP contribution < -0.4 is 0 Å². The highest BCUT2D eigenvalue weighted by Gasteiger charge is 2.08. The van der Waals surface area contributed by atoms with Crippen molar-refractivity contribution in [2.45, 2.75) is 5.03 Å². The number of Topliss-reactive ketones (excluding diaryl/α,β-unsaturated/α-hetero) is 1. The number of aromatic nitrogens is 1. The van der Waals surface area contributed by atoms with Crippen molar-refractivity contribution in [3.8, 4) is 0 Å². The maximum Gasteiger partial charge on any atom is 0.173 e. The lowest BCUT2D eigenvalue weighted by Crippen LogP contribution is -2.02. The molecule has 0 saturated heterocycles. The molecule has 3 nitrogen and oxygen atoms in total. The topological polar surface area (TPSA) is 47.0 Å². The molecular formula is C14H11NO2S. The lowest BCUT2D eigenvalue weighted by atomic mass is 10.2. The summed E-state index contributed by atoms with van der Waals surface area (Å²) >= 11 is 1.28. The van der Waals surface area contributed by atoms with Gasteiger partial charge >= 0.3 is 0 Å². The van der Waals surface area contributed by atoms with Crippen LogP contribution in [0.15, 0.2) is 53.7 Å². The molecule has 0 atom stereocenters. The van der Waals surface area contributed by atoms with Gasteiger partial charge in [-0.05, 0) is 12.1 Å². The number of benzene rings is 1. The Kier molecular flexibility index (Phi) is 4.25. The number of ketones is 1. The number of hydrogen-bond donors (Lipinski definition) is 0. The average molecular weight is 257 g/mol. The second kappa shape index (κ2) is 6.12. The lowest BCUT2D eigenvalue weighted by Gasteiger charge is -2.02. The molecule has 0 aliphatic heterocycles. The maximum absolute atomic E-state index is 11.9. The van der Waals surface area contributed by atoms with Crippen LogP contribution in [0.2, 0.25) is 0 Å². The Morgan fingerprint density at radius 3 is 2.67 bits per heavy atom. The van der Waals surface area contributed by atoms with Crippen LogP contribution in [-0.4, -0.2) is 22.8 Å². The zero-order valence-electron chi connectivity index (χ0n) is 9.58. The second-order valence-electron chi connectivity index (χ2n) is 3.59. The first-order chi connectivity index (χ1) is 8.81. The van der Waals surface area contributed by atoms with Crippen molar-refractivity contribution in [1.82, 2.24) is 4.98 Å². The van der Waals surface area contributed by atoms with E-state index in [-0.39, 0.29) is 11.5 Å². The highest BCUT2D eigenvalue weighted by Crippen LogP contribution is 2.19. The number of thioether (sulfide) groups is 1. The Morgan fingerprint density at radius 1 is 1.17 bits per heavy atom. The van der Waals surface area contributed by atoms with Gasteiger partial charge in [-0.15, -0.1) is 0 Å². The van der Waals surface area contributed by atoms with E-state index in [0.717, 1.165) is 6.29 Å². The van der Waals surface area contributed by atoms with E-state index in [1.165, 1.54) is 11.8 Å². The molecular weight excluding hydrogens is 246 g/mol. The van der Waals surface area contributed by atoms with Gasteiger partial charge in [-0.1, -0.05) is 42.1 Å². The van der Waals surface area contributed by atoms with E-state index in [1.807, 2.05) is 18.2 Å². The number of nitrogens with zero attached hydrogens (tertiary/aromatic N) is 1. The quantitative estimate of drug-likeness (QED) is 0.469. The Bertz CT molecular complexity index is 555. The molecule has 0 aliphatic rings. The van der Waals surface area contributed by atoms with E-state index in [4.69, 9.17) is 0 Å². The molecule has 2 rings (SSSR count). The van der Waals surface area contributed by atoms with Crippen molar-refractivity contribution in [3.63, 3.8) is 0 Å². The fraction of sp³-hybridized carbons (Fsp3) is 0.0714. The van der Waals surface area contributed by atoms with Crippen LogP contribution in [0, 0.1) is 0 Å². The molecule has 1 aromatic heterocycles. The molecule has 0 unspecified atom stereocenters. The minimum absolute atomic E-state index is 0.0307. The molecule has 0 fully saturated rings. The van der Waals surface area contributed by atoms with Crippen molar-refractivity contribution in [2.24, 2.45) is 0 Å². The van der Waals surface area contributed by atoms with Gasteiger partial charge in [0.15, 0.2) is 12.1 Å². The van der Waals surface area contributed by atoms with Gasteiger partial charge < -0.3 is 0 Å². The Hall–Kier alpha value is -1.94. The molecule has 1 heterocycles. The summed E-state index contributed by atoms with van der Waals surface area (Å²) in [7, 11) is 0. The van der Waals surface area contributed by atoms with Crippen molar-refractivity contribution >= 4 is 23.8 Å². The van der Waals surface area contributed by atoms with Crippen LogP contribution in [0.25, 0.3) is 0 Å². The Labute approximate surface area is 109 Å². The molecule has 0 spiro atoms. The third-order valence-corrected chi connectivity index (χ3v) is 3.38. The van der Waals surface area contributed by atoms with E-state index in [2.05, 4.69) is 4.98 Å². The zero-order valence-corrected chi connectivity index (χ0v) is 10.4. The number of hydrogen-bond acceptors (Lipinski definition) is 4. The number of pyridine rings is 1. The highest BCUT2D eigenvalue weighted by molar-refractivity contribution is 8.00. The van der Waals surface area contributed by atoms with Gasteiger partial charge in [0, 0.05) is 17.3 Å². The monoisotopic (exact) mass is 257 g/mol. The molecule has 0 aliphatic carbocycles. The highest BCUT2D eigenvalue weighted by atomic mass is 32.2. The van der Waals surface area contributed by atoms with Gasteiger partial charge in [0.25, 0.3) is 0 Å². The van der Waals surface area contributed by atoms with Crippen molar-refractivity contribution in [1.29, 1.82) is 0 Å². The van der Waals surface area contributed by atoms with Crippen molar-refractivity contribution < 1.29 is 9.59 Å². The molecule has 4 heteroatoms. The normalized spacial score (nSPS) is 10.0. The van der Waals surface area contributed by atoms with Crippen LogP contribution in [0.4, 0.5) is 0 Å². The molecule has 90 valence electrons. The maximum atomic E-state index is 11.9. The third-order valence-electron chi connectivity index (χ3n) is 2.36. The average Bonchev–Trinajstić information content (AvgIpc) is 2.46. The largest absolute Gasteiger partial charge is 0.298 e. The van der Waals surface area contributed by atoms with Crippen molar-refractivity contribution in [3.05, 3.63) is 59.8 Å². The van der Waals surface area contributed by atoms with Gasteiger partial charge in [0.05, 0.1) is 5.75 Å². The van der Waals surface area contributed by atoms with E-state index >= 15 is 0 Å². The van der Waals surface area contributed by atoms with Gasteiger partial charge in [-0.25, -0.2) is 4.98 Å². The zero-order chi connectivity index (χ0) is 12.8. The molecule has 0 saturated carbocycles. The summed E-state index contributed by atoms with van der Waals surface area (Å²) < 4.78 is 0. The summed E-state index contributed by atoms with van der Waals surface area (Å²) in [5.74, 6) is 0.310. The van der Waals surface area contributed by atoms with Gasteiger partial charge in [0.1, 0.15) is 5.03 Å². The second-order valence-corrected chi connectivity index (χ2v) is 4.56. The summed E-state index contributed by atoms with van der Waals surface area (Å²) in [5, 5.41) is 0.594. The SMILES string of the molecule is O=Cc1cccnc1SCC(=O)c1ccccc1. The van der Waals surface area contributed by atoms with E-state index < -0.39 is 0 Å².